The Morgan fingerprint density at radius 1 is 1.27 bits per heavy atom. The molecule has 0 amide bonds. The number of nitrogens with one attached hydrogen (secondary N) is 3. The van der Waals surface area contributed by atoms with Gasteiger partial charge in [-0.05, 0) is 40.5 Å². The van der Waals surface area contributed by atoms with E-state index < -0.39 is 0 Å². The fraction of sp³-hybridized carbons (Fsp3) is 1.00. The molecule has 4 nitrogen and oxygen atoms in total. The predicted octanol–water partition coefficient (Wildman–Crippen LogP) is 1.92. The topological polar surface area (TPSA) is 60.3 Å². The Hall–Kier alpha value is -0.480. The van der Waals surface area contributed by atoms with Gasteiger partial charge in [-0.1, -0.05) is 0 Å². The summed E-state index contributed by atoms with van der Waals surface area (Å²) in [5.41, 5.74) is 7.13. The van der Waals surface area contributed by atoms with Crippen LogP contribution in [0.2, 0.25) is 0 Å². The number of piperidine rings is 1. The van der Waals surface area contributed by atoms with Crippen LogP contribution in [-0.4, -0.2) is 30.2 Å². The Bertz CT molecular complexity index is 207. The smallest absolute Gasteiger partial charge is 0.0721 e. The molecule has 88 valence electrons. The highest BCUT2D eigenvalue weighted by atomic mass is 15.1. The minimum Gasteiger partial charge on any atom is -0.312 e. The Kier molecular flexibility index (Phi) is 3.84. The van der Waals surface area contributed by atoms with Gasteiger partial charge in [-0.3, -0.25) is 0 Å². The van der Waals surface area contributed by atoms with Crippen LogP contribution in [0.25, 0.3) is 0 Å². The fourth-order valence-electron chi connectivity index (χ4n) is 2.79. The quantitative estimate of drug-likeness (QED) is 0.492. The Labute approximate surface area is 92.7 Å². The summed E-state index contributed by atoms with van der Waals surface area (Å²) in [6, 6.07) is 0.540. The maximum absolute atomic E-state index is 6.75. The summed E-state index contributed by atoms with van der Waals surface area (Å²) in [5.74, 6) is 0. The molecular weight excluding hydrogens is 188 g/mol. The van der Waals surface area contributed by atoms with Crippen LogP contribution < -0.4 is 10.6 Å². The van der Waals surface area contributed by atoms with Crippen molar-refractivity contribution in [3.63, 3.8) is 0 Å². The zero-order valence-corrected chi connectivity index (χ0v) is 10.4. The standard InChI is InChI=1S/C11H24N4/c1-10(2)7-9(13-5-6-14-12)8-11(3,4)15-10/h9,12-13,15H,5-8H2,1-4H3. The molecule has 0 unspecified atom stereocenters. The largest absolute Gasteiger partial charge is 0.312 e. The molecule has 0 aromatic rings. The van der Waals surface area contributed by atoms with Crippen molar-refractivity contribution in [2.75, 3.05) is 13.1 Å². The summed E-state index contributed by atoms with van der Waals surface area (Å²) in [7, 11) is 0. The minimum absolute atomic E-state index is 0.192. The van der Waals surface area contributed by atoms with Crippen molar-refractivity contribution in [1.82, 2.24) is 10.6 Å². The minimum atomic E-state index is 0.192. The molecule has 1 aliphatic rings. The molecule has 1 rings (SSSR count). The maximum atomic E-state index is 6.75. The molecule has 1 aliphatic heterocycles. The molecule has 0 atom stereocenters. The summed E-state index contributed by atoms with van der Waals surface area (Å²) >= 11 is 0. The lowest BCUT2D eigenvalue weighted by Crippen LogP contribution is -2.61. The summed E-state index contributed by atoms with van der Waals surface area (Å²) in [4.78, 5) is 0. The molecule has 0 aromatic carbocycles. The van der Waals surface area contributed by atoms with Crippen LogP contribution in [0.1, 0.15) is 40.5 Å². The van der Waals surface area contributed by atoms with E-state index in [0.717, 1.165) is 19.4 Å². The van der Waals surface area contributed by atoms with Gasteiger partial charge < -0.3 is 10.6 Å². The highest BCUT2D eigenvalue weighted by Crippen LogP contribution is 2.28. The second-order valence-electron chi connectivity index (χ2n) is 5.83. The average molecular weight is 212 g/mol. The van der Waals surface area contributed by atoms with Crippen molar-refractivity contribution in [1.29, 1.82) is 5.53 Å². The van der Waals surface area contributed by atoms with Crippen LogP contribution in [-0.2, 0) is 0 Å². The average Bonchev–Trinajstić information content (AvgIpc) is 1.98. The summed E-state index contributed by atoms with van der Waals surface area (Å²) in [6.07, 6.45) is 2.27. The van der Waals surface area contributed by atoms with E-state index in [9.17, 15) is 0 Å². The van der Waals surface area contributed by atoms with Gasteiger partial charge in [0.05, 0.1) is 6.54 Å². The molecular formula is C11H24N4. The second kappa shape index (κ2) is 4.58. The molecule has 0 aliphatic carbocycles. The lowest BCUT2D eigenvalue weighted by molar-refractivity contribution is 0.147. The van der Waals surface area contributed by atoms with Crippen LogP contribution in [0.4, 0.5) is 0 Å². The van der Waals surface area contributed by atoms with Gasteiger partial charge in [-0.25, -0.2) is 5.53 Å². The van der Waals surface area contributed by atoms with Gasteiger partial charge in [0.2, 0.25) is 0 Å². The van der Waals surface area contributed by atoms with Crippen molar-refractivity contribution in [2.45, 2.75) is 57.7 Å². The van der Waals surface area contributed by atoms with Gasteiger partial charge >= 0.3 is 0 Å². The Morgan fingerprint density at radius 3 is 2.27 bits per heavy atom. The van der Waals surface area contributed by atoms with Crippen molar-refractivity contribution in [2.24, 2.45) is 5.11 Å². The first-order valence-corrected chi connectivity index (χ1v) is 5.71. The van der Waals surface area contributed by atoms with Gasteiger partial charge in [0, 0.05) is 23.7 Å². The van der Waals surface area contributed by atoms with E-state index in [0.29, 0.717) is 12.6 Å². The molecule has 15 heavy (non-hydrogen) atoms. The third-order valence-electron chi connectivity index (χ3n) is 2.85. The highest BCUT2D eigenvalue weighted by Gasteiger charge is 2.37. The van der Waals surface area contributed by atoms with Gasteiger partial charge in [-0.15, -0.1) is 0 Å². The Balaban J connectivity index is 2.47. The van der Waals surface area contributed by atoms with Crippen LogP contribution in [0.15, 0.2) is 5.11 Å². The van der Waals surface area contributed by atoms with E-state index in [2.05, 4.69) is 43.4 Å². The van der Waals surface area contributed by atoms with E-state index in [1.807, 2.05) is 0 Å². The molecule has 1 fully saturated rings. The van der Waals surface area contributed by atoms with Crippen molar-refractivity contribution >= 4 is 0 Å². The van der Waals surface area contributed by atoms with Crippen molar-refractivity contribution < 1.29 is 0 Å². The highest BCUT2D eigenvalue weighted by molar-refractivity contribution is 4.99. The molecule has 0 radical (unpaired) electrons. The van der Waals surface area contributed by atoms with Crippen LogP contribution in [0, 0.1) is 5.53 Å². The number of nitrogens with zero attached hydrogens (tertiary/aromatic N) is 1. The van der Waals surface area contributed by atoms with Gasteiger partial charge in [0.25, 0.3) is 0 Å². The normalized spacial score (nSPS) is 25.1. The Morgan fingerprint density at radius 2 is 1.80 bits per heavy atom. The summed E-state index contributed by atoms with van der Waals surface area (Å²) in [5, 5.41) is 10.5. The van der Waals surface area contributed by atoms with Gasteiger partial charge in [-0.2, -0.15) is 5.11 Å². The molecule has 0 spiro atoms. The molecule has 0 bridgehead atoms. The van der Waals surface area contributed by atoms with Crippen LogP contribution >= 0.6 is 0 Å². The third kappa shape index (κ3) is 4.26. The van der Waals surface area contributed by atoms with E-state index >= 15 is 0 Å². The van der Waals surface area contributed by atoms with Crippen LogP contribution in [0.5, 0.6) is 0 Å². The number of hydrogen-bond donors (Lipinski definition) is 3. The van der Waals surface area contributed by atoms with Crippen LogP contribution in [0.3, 0.4) is 0 Å². The first kappa shape index (κ1) is 12.6. The second-order valence-corrected chi connectivity index (χ2v) is 5.83. The van der Waals surface area contributed by atoms with E-state index in [1.54, 1.807) is 0 Å². The van der Waals surface area contributed by atoms with Crippen molar-refractivity contribution in [3.8, 4) is 0 Å². The zero-order valence-electron chi connectivity index (χ0n) is 10.4. The monoisotopic (exact) mass is 212 g/mol. The number of hydrogen-bond acceptors (Lipinski definition) is 4. The first-order valence-electron chi connectivity index (χ1n) is 5.71. The van der Waals surface area contributed by atoms with E-state index in [1.165, 1.54) is 0 Å². The number of rotatable bonds is 4. The summed E-state index contributed by atoms with van der Waals surface area (Å²) in [6.45, 7) is 10.4. The third-order valence-corrected chi connectivity index (χ3v) is 2.85. The molecule has 1 saturated heterocycles. The fourth-order valence-corrected chi connectivity index (χ4v) is 2.79. The lowest BCUT2D eigenvalue weighted by Gasteiger charge is -2.46. The van der Waals surface area contributed by atoms with Gasteiger partial charge in [0.1, 0.15) is 0 Å². The SMILES string of the molecule is CC1(C)CC(NCCN=N)CC(C)(C)N1. The van der Waals surface area contributed by atoms with Gasteiger partial charge in [0.15, 0.2) is 0 Å². The van der Waals surface area contributed by atoms with Crippen molar-refractivity contribution in [3.05, 3.63) is 0 Å². The van der Waals surface area contributed by atoms with E-state index in [-0.39, 0.29) is 11.1 Å². The van der Waals surface area contributed by atoms with E-state index in [4.69, 9.17) is 5.53 Å². The molecule has 0 aromatic heterocycles. The zero-order chi connectivity index (χ0) is 11.5. The molecule has 4 heteroatoms. The molecule has 1 heterocycles. The lowest BCUT2D eigenvalue weighted by atomic mass is 9.79. The predicted molar refractivity (Wildman–Crippen MR) is 62.3 cm³/mol. The summed E-state index contributed by atoms with van der Waals surface area (Å²) < 4.78 is 0. The maximum Gasteiger partial charge on any atom is 0.0721 e. The molecule has 3 N–H and O–H groups in total. The molecule has 0 saturated carbocycles. The first-order chi connectivity index (χ1) is 6.85.